The number of nitrogens with zero attached hydrogens (tertiary/aromatic N) is 2. The summed E-state index contributed by atoms with van der Waals surface area (Å²) in [6, 6.07) is 1.14. The van der Waals surface area contributed by atoms with E-state index in [1.54, 1.807) is 13.0 Å². The Hall–Kier alpha value is -2.44. The number of alkyl halides is 1. The van der Waals surface area contributed by atoms with Crippen LogP contribution in [0.15, 0.2) is 12.3 Å². The molecule has 2 aromatic rings. The SMILES string of the molecule is Cc1sc([C@@H]2C[C@@H](F)CN2C(=O)CCNCC(=O)O)cc1C(=O)Nc1ncc(F)s1. The van der Waals surface area contributed by atoms with Crippen LogP contribution in [0, 0.1) is 12.1 Å². The number of carbonyl (C=O) groups excluding carboxylic acids is 2. The number of carboxylic acids is 1. The number of thiazole rings is 1. The van der Waals surface area contributed by atoms with Crippen LogP contribution < -0.4 is 10.6 Å². The van der Waals surface area contributed by atoms with Crippen LogP contribution >= 0.6 is 22.7 Å². The molecule has 1 fully saturated rings. The van der Waals surface area contributed by atoms with E-state index in [-0.39, 0.29) is 43.5 Å². The minimum absolute atomic E-state index is 0.0424. The Morgan fingerprint density at radius 3 is 2.80 bits per heavy atom. The number of carboxylic acid groups (broad SMARTS) is 1. The van der Waals surface area contributed by atoms with Crippen LogP contribution in [0.3, 0.4) is 0 Å². The van der Waals surface area contributed by atoms with Gasteiger partial charge in [0.2, 0.25) is 5.91 Å². The van der Waals surface area contributed by atoms with Gasteiger partial charge in [0.15, 0.2) is 10.3 Å². The number of nitrogens with one attached hydrogen (secondary N) is 2. The number of halogens is 2. The minimum Gasteiger partial charge on any atom is -0.480 e. The molecule has 3 heterocycles. The van der Waals surface area contributed by atoms with Crippen molar-refractivity contribution in [1.29, 1.82) is 0 Å². The average Bonchev–Trinajstić information content (AvgIpc) is 3.37. The number of aromatic nitrogens is 1. The number of hydrogen-bond donors (Lipinski definition) is 3. The second-order valence-electron chi connectivity index (χ2n) is 6.76. The summed E-state index contributed by atoms with van der Waals surface area (Å²) in [5.74, 6) is -1.76. The van der Waals surface area contributed by atoms with Crippen LogP contribution in [0.2, 0.25) is 0 Å². The molecule has 3 rings (SSSR count). The Kier molecular flexibility index (Phi) is 7.10. The first-order valence-electron chi connectivity index (χ1n) is 9.13. The Morgan fingerprint density at radius 1 is 1.37 bits per heavy atom. The predicted molar refractivity (Wildman–Crippen MR) is 108 cm³/mol. The highest BCUT2D eigenvalue weighted by Crippen LogP contribution is 2.39. The molecule has 0 aromatic carbocycles. The second-order valence-corrected chi connectivity index (χ2v) is 9.03. The number of likely N-dealkylation sites (tertiary alicyclic amines) is 1. The van der Waals surface area contributed by atoms with E-state index in [0.717, 1.165) is 6.20 Å². The molecule has 0 spiro atoms. The molecule has 0 radical (unpaired) electrons. The summed E-state index contributed by atoms with van der Waals surface area (Å²) >= 11 is 2.02. The first kappa shape index (κ1) is 22.2. The molecule has 12 heteroatoms. The van der Waals surface area contributed by atoms with Crippen LogP contribution in [-0.4, -0.2) is 58.6 Å². The Bertz CT molecular complexity index is 949. The maximum absolute atomic E-state index is 14.1. The molecular formula is C18H20F2N4O4S2. The van der Waals surface area contributed by atoms with Gasteiger partial charge in [0.1, 0.15) is 6.17 Å². The number of carbonyl (C=O) groups is 3. The van der Waals surface area contributed by atoms with E-state index in [9.17, 15) is 23.2 Å². The largest absolute Gasteiger partial charge is 0.480 e. The zero-order valence-corrected chi connectivity index (χ0v) is 17.6. The highest BCUT2D eigenvalue weighted by atomic mass is 32.1. The summed E-state index contributed by atoms with van der Waals surface area (Å²) < 4.78 is 27.2. The van der Waals surface area contributed by atoms with E-state index >= 15 is 0 Å². The van der Waals surface area contributed by atoms with Gasteiger partial charge in [-0.25, -0.2) is 9.37 Å². The van der Waals surface area contributed by atoms with Crippen LogP contribution in [0.4, 0.5) is 13.9 Å². The third-order valence-electron chi connectivity index (χ3n) is 4.57. The summed E-state index contributed by atoms with van der Waals surface area (Å²) in [4.78, 5) is 42.2. The van der Waals surface area contributed by atoms with Gasteiger partial charge in [-0.3, -0.25) is 19.7 Å². The van der Waals surface area contributed by atoms with Gasteiger partial charge in [0.05, 0.1) is 30.9 Å². The van der Waals surface area contributed by atoms with Crippen molar-refractivity contribution in [1.82, 2.24) is 15.2 Å². The Balaban J connectivity index is 1.68. The van der Waals surface area contributed by atoms with E-state index in [1.807, 2.05) is 0 Å². The number of amides is 2. The van der Waals surface area contributed by atoms with E-state index in [4.69, 9.17) is 5.11 Å². The Labute approximate surface area is 178 Å². The standard InChI is InChI=1S/C18H20F2N4O4S2/c1-9-11(17(28)23-18-22-6-14(20)30-18)5-13(29-9)12-4-10(19)8-24(12)15(25)2-3-21-7-16(26)27/h5-6,10,12,21H,2-4,7-8H2,1H3,(H,26,27)(H,22,23,28)/t10-,12+/m1/s1. The van der Waals surface area contributed by atoms with E-state index < -0.39 is 29.2 Å². The summed E-state index contributed by atoms with van der Waals surface area (Å²) in [5.41, 5.74) is 0.364. The van der Waals surface area contributed by atoms with Crippen LogP contribution in [0.25, 0.3) is 0 Å². The zero-order chi connectivity index (χ0) is 21.8. The second kappa shape index (κ2) is 9.58. The lowest BCUT2D eigenvalue weighted by Gasteiger charge is -2.23. The van der Waals surface area contributed by atoms with Gasteiger partial charge in [-0.1, -0.05) is 11.3 Å². The zero-order valence-electron chi connectivity index (χ0n) is 16.0. The fraction of sp³-hybridized carbons (Fsp3) is 0.444. The molecule has 30 heavy (non-hydrogen) atoms. The molecule has 3 N–H and O–H groups in total. The fourth-order valence-corrected chi connectivity index (χ4v) is 4.93. The van der Waals surface area contributed by atoms with Gasteiger partial charge in [0.25, 0.3) is 5.91 Å². The van der Waals surface area contributed by atoms with E-state index in [2.05, 4.69) is 15.6 Å². The number of thiophene rings is 1. The molecule has 0 aliphatic carbocycles. The number of aliphatic carboxylic acids is 1. The third kappa shape index (κ3) is 5.37. The van der Waals surface area contributed by atoms with E-state index in [1.165, 1.54) is 16.2 Å². The Morgan fingerprint density at radius 2 is 2.13 bits per heavy atom. The molecule has 1 aliphatic heterocycles. The van der Waals surface area contributed by atoms with Gasteiger partial charge in [0, 0.05) is 29.1 Å². The van der Waals surface area contributed by atoms with Crippen LogP contribution in [-0.2, 0) is 9.59 Å². The van der Waals surface area contributed by atoms with Crippen molar-refractivity contribution >= 4 is 45.6 Å². The number of anilines is 1. The van der Waals surface area contributed by atoms with Gasteiger partial charge >= 0.3 is 5.97 Å². The molecule has 8 nitrogen and oxygen atoms in total. The van der Waals surface area contributed by atoms with Gasteiger partial charge in [-0.05, 0) is 13.0 Å². The fourth-order valence-electron chi connectivity index (χ4n) is 3.24. The van der Waals surface area contributed by atoms with Crippen molar-refractivity contribution in [3.05, 3.63) is 32.7 Å². The highest BCUT2D eigenvalue weighted by molar-refractivity contribution is 7.14. The monoisotopic (exact) mass is 458 g/mol. The normalized spacial score (nSPS) is 18.6. The van der Waals surface area contributed by atoms with E-state index in [0.29, 0.717) is 26.7 Å². The van der Waals surface area contributed by atoms with Crippen molar-refractivity contribution in [2.45, 2.75) is 32.0 Å². The molecule has 1 saturated heterocycles. The summed E-state index contributed by atoms with van der Waals surface area (Å²) in [7, 11) is 0. The minimum atomic E-state index is -1.18. The van der Waals surface area contributed by atoms with Crippen LogP contribution in [0.1, 0.15) is 39.0 Å². The van der Waals surface area contributed by atoms with Crippen molar-refractivity contribution in [2.24, 2.45) is 0 Å². The summed E-state index contributed by atoms with van der Waals surface area (Å²) in [5, 5.41) is 13.4. The van der Waals surface area contributed by atoms with Crippen molar-refractivity contribution in [3.63, 3.8) is 0 Å². The summed E-state index contributed by atoms with van der Waals surface area (Å²) in [6.45, 7) is 1.62. The van der Waals surface area contributed by atoms with Gasteiger partial charge < -0.3 is 15.3 Å². The van der Waals surface area contributed by atoms with Gasteiger partial charge in [-0.2, -0.15) is 4.39 Å². The molecule has 0 bridgehead atoms. The first-order chi connectivity index (χ1) is 14.2. The maximum Gasteiger partial charge on any atom is 0.317 e. The van der Waals surface area contributed by atoms with Crippen molar-refractivity contribution in [2.75, 3.05) is 25.0 Å². The smallest absolute Gasteiger partial charge is 0.317 e. The quantitative estimate of drug-likeness (QED) is 0.525. The molecule has 0 unspecified atom stereocenters. The molecule has 2 aromatic heterocycles. The lowest BCUT2D eigenvalue weighted by molar-refractivity contribution is -0.136. The molecular weight excluding hydrogens is 438 g/mol. The lowest BCUT2D eigenvalue weighted by Crippen LogP contribution is -2.34. The van der Waals surface area contributed by atoms with Gasteiger partial charge in [-0.15, -0.1) is 11.3 Å². The number of hydrogen-bond acceptors (Lipinski definition) is 7. The third-order valence-corrected chi connectivity index (χ3v) is 6.42. The summed E-state index contributed by atoms with van der Waals surface area (Å²) in [6.07, 6.45) is 0.0152. The van der Waals surface area contributed by atoms with Crippen LogP contribution in [0.5, 0.6) is 0 Å². The lowest BCUT2D eigenvalue weighted by atomic mass is 10.1. The predicted octanol–water partition coefficient (Wildman–Crippen LogP) is 2.58. The number of aryl methyl sites for hydroxylation is 1. The molecule has 162 valence electrons. The number of rotatable bonds is 8. The maximum atomic E-state index is 14.1. The first-order valence-corrected chi connectivity index (χ1v) is 10.8. The van der Waals surface area contributed by atoms with Crippen molar-refractivity contribution in [3.8, 4) is 0 Å². The molecule has 2 amide bonds. The topological polar surface area (TPSA) is 112 Å². The van der Waals surface area contributed by atoms with Crippen molar-refractivity contribution < 1.29 is 28.3 Å². The molecule has 2 atom stereocenters. The highest BCUT2D eigenvalue weighted by Gasteiger charge is 2.37. The average molecular weight is 459 g/mol. The molecule has 1 aliphatic rings. The molecule has 0 saturated carbocycles.